The van der Waals surface area contributed by atoms with Gasteiger partial charge in [-0.2, -0.15) is 13.2 Å². The smallest absolute Gasteiger partial charge is 0.430 e. The molecule has 4 heterocycles. The van der Waals surface area contributed by atoms with E-state index < -0.39 is 22.0 Å². The van der Waals surface area contributed by atoms with Crippen LogP contribution in [0, 0.1) is 0 Å². The number of aromatic nitrogens is 3. The van der Waals surface area contributed by atoms with Crippen molar-refractivity contribution in [2.24, 2.45) is 0 Å². The predicted octanol–water partition coefficient (Wildman–Crippen LogP) is 0.247. The van der Waals surface area contributed by atoms with Crippen molar-refractivity contribution >= 4 is 43.7 Å². The van der Waals surface area contributed by atoms with Gasteiger partial charge in [-0.05, 0) is 24.3 Å². The summed E-state index contributed by atoms with van der Waals surface area (Å²) in [6.45, 7) is 1.69. The molecule has 1 aromatic carbocycles. The number of imidazole rings is 1. The highest BCUT2D eigenvalue weighted by atomic mass is 32.2. The van der Waals surface area contributed by atoms with Gasteiger partial charge >= 0.3 is 6.18 Å². The molecule has 0 atom stereocenters. The summed E-state index contributed by atoms with van der Waals surface area (Å²) in [5.74, 6) is -2.62. The molecule has 1 fully saturated rings. The van der Waals surface area contributed by atoms with Crippen LogP contribution >= 0.6 is 0 Å². The van der Waals surface area contributed by atoms with E-state index in [0.717, 1.165) is 26.9 Å². The zero-order valence-corrected chi connectivity index (χ0v) is 20.6. The molecule has 1 aliphatic rings. The number of amides is 1. The van der Waals surface area contributed by atoms with Crippen LogP contribution in [0.1, 0.15) is 16.3 Å². The van der Waals surface area contributed by atoms with Gasteiger partial charge in [0.05, 0.1) is 30.1 Å². The van der Waals surface area contributed by atoms with Gasteiger partial charge in [-0.1, -0.05) is 18.2 Å². The third kappa shape index (κ3) is 6.26. The van der Waals surface area contributed by atoms with E-state index in [-0.39, 0.29) is 17.4 Å². The Balaban J connectivity index is 0.000000426. The highest BCUT2D eigenvalue weighted by molar-refractivity contribution is 7.91. The summed E-state index contributed by atoms with van der Waals surface area (Å²) in [5, 5.41) is 13.6. The molecule has 4 aromatic rings. The fraction of sp³-hybridized carbons (Fsp3) is 0.250. The van der Waals surface area contributed by atoms with Gasteiger partial charge in [0.1, 0.15) is 18.2 Å². The zero-order chi connectivity index (χ0) is 27.5. The Morgan fingerprint density at radius 2 is 1.79 bits per heavy atom. The van der Waals surface area contributed by atoms with E-state index in [0.29, 0.717) is 31.1 Å². The third-order valence-corrected chi connectivity index (χ3v) is 7.59. The number of benzene rings is 1. The minimum Gasteiger partial charge on any atom is -0.542 e. The number of carbonyl (C=O) groups is 2. The molecule has 2 N–H and O–H groups in total. The van der Waals surface area contributed by atoms with E-state index in [1.54, 1.807) is 16.8 Å². The maximum atomic E-state index is 13.2. The van der Waals surface area contributed by atoms with E-state index in [2.05, 4.69) is 15.3 Å². The van der Waals surface area contributed by atoms with Crippen molar-refractivity contribution in [2.45, 2.75) is 12.7 Å². The van der Waals surface area contributed by atoms with Crippen molar-refractivity contribution in [3.63, 3.8) is 0 Å². The molecule has 1 aliphatic heterocycles. The Morgan fingerprint density at radius 3 is 2.47 bits per heavy atom. The summed E-state index contributed by atoms with van der Waals surface area (Å²) in [4.78, 5) is 31.9. The largest absolute Gasteiger partial charge is 0.542 e. The maximum Gasteiger partial charge on any atom is 0.430 e. The van der Waals surface area contributed by atoms with Gasteiger partial charge < -0.3 is 20.1 Å². The average molecular weight is 550 g/mol. The van der Waals surface area contributed by atoms with Crippen molar-refractivity contribution in [3.8, 4) is 0 Å². The van der Waals surface area contributed by atoms with Crippen LogP contribution < -0.4 is 15.3 Å². The van der Waals surface area contributed by atoms with Crippen molar-refractivity contribution in [3.05, 3.63) is 72.6 Å². The molecule has 0 spiro atoms. The first kappa shape index (κ1) is 27.0. The van der Waals surface area contributed by atoms with E-state index >= 15 is 0 Å². The number of hydrogen-bond acceptors (Lipinski definition) is 7. The van der Waals surface area contributed by atoms with Crippen molar-refractivity contribution in [1.82, 2.24) is 14.4 Å². The monoisotopic (exact) mass is 549 g/mol. The summed E-state index contributed by atoms with van der Waals surface area (Å²) >= 11 is 0. The zero-order valence-electron chi connectivity index (χ0n) is 19.7. The number of hydrogen-bond donors (Lipinski definition) is 2. The summed E-state index contributed by atoms with van der Waals surface area (Å²) in [6, 6.07) is 13.3. The molecule has 0 aliphatic carbocycles. The van der Waals surface area contributed by atoms with Crippen molar-refractivity contribution in [1.29, 1.82) is 0 Å². The minimum atomic E-state index is -5.19. The SMILES string of the molecule is O=C(Nc1cccc2cnccc12)c1nc(C[NH+]2CCS(=O)(=O)CC2)c2ccccn12.O=C([O-])C(F)(F)F. The number of pyridine rings is 2. The fourth-order valence-electron chi connectivity index (χ4n) is 4.04. The predicted molar refractivity (Wildman–Crippen MR) is 129 cm³/mol. The van der Waals surface area contributed by atoms with Crippen LogP contribution in [0.4, 0.5) is 18.9 Å². The quantitative estimate of drug-likeness (QED) is 0.372. The van der Waals surface area contributed by atoms with Crippen LogP contribution in [0.5, 0.6) is 0 Å². The van der Waals surface area contributed by atoms with Gasteiger partial charge in [-0.3, -0.25) is 14.2 Å². The van der Waals surface area contributed by atoms with E-state index in [1.165, 1.54) is 0 Å². The van der Waals surface area contributed by atoms with E-state index in [1.807, 2.05) is 48.7 Å². The number of quaternary nitrogens is 1. The maximum absolute atomic E-state index is 13.2. The molecule has 5 rings (SSSR count). The van der Waals surface area contributed by atoms with Crippen LogP contribution in [0.2, 0.25) is 0 Å². The first-order chi connectivity index (χ1) is 17.9. The summed E-state index contributed by atoms with van der Waals surface area (Å²) in [7, 11) is -2.93. The molecule has 38 heavy (non-hydrogen) atoms. The normalized spacial score (nSPS) is 15.6. The molecular formula is C24H22F3N5O5S. The number of aliphatic carboxylic acids is 1. The number of nitrogens with zero attached hydrogens (tertiary/aromatic N) is 3. The lowest BCUT2D eigenvalue weighted by atomic mass is 10.1. The van der Waals surface area contributed by atoms with Gasteiger partial charge in [-0.15, -0.1) is 0 Å². The lowest BCUT2D eigenvalue weighted by Gasteiger charge is -2.22. The second-order valence-electron chi connectivity index (χ2n) is 8.56. The second-order valence-corrected chi connectivity index (χ2v) is 10.9. The van der Waals surface area contributed by atoms with Gasteiger partial charge in [0.2, 0.25) is 5.82 Å². The Hall–Kier alpha value is -4.04. The molecule has 0 bridgehead atoms. The lowest BCUT2D eigenvalue weighted by Crippen LogP contribution is -3.13. The molecular weight excluding hydrogens is 527 g/mol. The van der Waals surface area contributed by atoms with Crippen molar-refractivity contribution < 1.29 is 41.2 Å². The standard InChI is InChI=1S/C22H21N5O3S.C2HF3O2/c28-22(25-18-5-3-4-16-14-23-8-7-17(16)18)21-24-19(20-6-1-2-9-27(20)21)15-26-10-12-31(29,30)13-11-26;3-2(4,5)1(6)7/h1-9,14H,10-13,15H2,(H,25,28);(H,6,7). The summed E-state index contributed by atoms with van der Waals surface area (Å²) < 4.78 is 56.8. The molecule has 14 heteroatoms. The molecule has 1 amide bonds. The second kappa shape index (κ2) is 10.8. The summed E-state index contributed by atoms with van der Waals surface area (Å²) in [6.07, 6.45) is 0.0853. The molecule has 0 unspecified atom stereocenters. The molecule has 3 aromatic heterocycles. The Bertz CT molecular complexity index is 1580. The number of sulfone groups is 1. The third-order valence-electron chi connectivity index (χ3n) is 5.94. The number of fused-ring (bicyclic) bond motifs is 2. The highest BCUT2D eigenvalue weighted by Crippen LogP contribution is 2.23. The number of rotatable bonds is 4. The molecule has 0 saturated carbocycles. The Labute approximate surface area is 214 Å². The topological polar surface area (TPSA) is 138 Å². The molecule has 200 valence electrons. The molecule has 10 nitrogen and oxygen atoms in total. The average Bonchev–Trinajstić information content (AvgIpc) is 3.24. The molecule has 1 saturated heterocycles. The first-order valence-corrected chi connectivity index (χ1v) is 13.2. The van der Waals surface area contributed by atoms with Crippen LogP contribution in [0.15, 0.2) is 61.1 Å². The van der Waals surface area contributed by atoms with Crippen LogP contribution in [-0.4, -0.2) is 65.4 Å². The Morgan fingerprint density at radius 1 is 1.08 bits per heavy atom. The number of anilines is 1. The highest BCUT2D eigenvalue weighted by Gasteiger charge is 2.29. The number of carbonyl (C=O) groups excluding carboxylic acids is 2. The van der Waals surface area contributed by atoms with Gasteiger partial charge in [0, 0.05) is 35.1 Å². The number of halogens is 3. The first-order valence-electron chi connectivity index (χ1n) is 11.4. The van der Waals surface area contributed by atoms with Crippen LogP contribution in [0.3, 0.4) is 0 Å². The van der Waals surface area contributed by atoms with E-state index in [9.17, 15) is 26.4 Å². The fourth-order valence-corrected chi connectivity index (χ4v) is 5.45. The van der Waals surface area contributed by atoms with Gasteiger partial charge in [0.25, 0.3) is 5.91 Å². The van der Waals surface area contributed by atoms with Crippen molar-refractivity contribution in [2.75, 3.05) is 29.9 Å². The lowest BCUT2D eigenvalue weighted by molar-refractivity contribution is -0.910. The summed E-state index contributed by atoms with van der Waals surface area (Å²) in [5.41, 5.74) is 2.35. The number of carboxylic acids is 1. The number of alkyl halides is 3. The number of nitrogens with one attached hydrogen (secondary N) is 2. The van der Waals surface area contributed by atoms with Gasteiger partial charge in [-0.25, -0.2) is 13.4 Å². The van der Waals surface area contributed by atoms with Crippen LogP contribution in [-0.2, 0) is 21.2 Å². The molecule has 0 radical (unpaired) electrons. The van der Waals surface area contributed by atoms with Gasteiger partial charge in [0.15, 0.2) is 9.84 Å². The van der Waals surface area contributed by atoms with E-state index in [4.69, 9.17) is 9.90 Å². The van der Waals surface area contributed by atoms with Crippen LogP contribution in [0.25, 0.3) is 16.3 Å². The number of carboxylic acid groups (broad SMARTS) is 1. The minimum absolute atomic E-state index is 0.192. The Kier molecular flexibility index (Phi) is 7.64.